The van der Waals surface area contributed by atoms with Crippen molar-refractivity contribution in [2.24, 2.45) is 29.4 Å². The summed E-state index contributed by atoms with van der Waals surface area (Å²) in [5, 5.41) is 3.08. The zero-order chi connectivity index (χ0) is 12.6. The third kappa shape index (κ3) is 2.62. The first-order chi connectivity index (χ1) is 7.99. The molecule has 0 aliphatic heterocycles. The standard InChI is InChI=1S/C13H22N2OS/c1-7(12(14)17)13(16)15-8(2)11-6-9-3-4-10(11)5-9/h7-11H,3-6H2,1-2H3,(H2,14,17)(H,15,16). The molecule has 0 heterocycles. The first kappa shape index (κ1) is 12.8. The van der Waals surface area contributed by atoms with Crippen molar-refractivity contribution in [3.05, 3.63) is 0 Å². The van der Waals surface area contributed by atoms with E-state index in [2.05, 4.69) is 12.2 Å². The van der Waals surface area contributed by atoms with Crippen LogP contribution in [-0.4, -0.2) is 16.9 Å². The van der Waals surface area contributed by atoms with E-state index in [0.29, 0.717) is 5.92 Å². The maximum Gasteiger partial charge on any atom is 0.229 e. The molecule has 2 rings (SSSR count). The zero-order valence-corrected chi connectivity index (χ0v) is 11.4. The highest BCUT2D eigenvalue weighted by Gasteiger charge is 2.42. The largest absolute Gasteiger partial charge is 0.393 e. The molecule has 2 aliphatic rings. The van der Waals surface area contributed by atoms with Gasteiger partial charge in [-0.3, -0.25) is 4.79 Å². The fourth-order valence-corrected chi connectivity index (χ4v) is 3.60. The van der Waals surface area contributed by atoms with Crippen molar-refractivity contribution in [3.8, 4) is 0 Å². The number of nitrogens with two attached hydrogens (primary N) is 1. The monoisotopic (exact) mass is 254 g/mol. The van der Waals surface area contributed by atoms with Gasteiger partial charge in [0.2, 0.25) is 5.91 Å². The van der Waals surface area contributed by atoms with Gasteiger partial charge in [0.15, 0.2) is 0 Å². The summed E-state index contributed by atoms with van der Waals surface area (Å²) in [6, 6.07) is 0.259. The lowest BCUT2D eigenvalue weighted by molar-refractivity contribution is -0.123. The van der Waals surface area contributed by atoms with Gasteiger partial charge in [-0.05, 0) is 50.9 Å². The molecule has 2 fully saturated rings. The summed E-state index contributed by atoms with van der Waals surface area (Å²) >= 11 is 4.85. The van der Waals surface area contributed by atoms with Crippen molar-refractivity contribution in [2.45, 2.75) is 45.6 Å². The Hall–Kier alpha value is -0.640. The second kappa shape index (κ2) is 4.92. The van der Waals surface area contributed by atoms with E-state index in [1.54, 1.807) is 6.92 Å². The fraction of sp³-hybridized carbons (Fsp3) is 0.846. The molecule has 5 atom stereocenters. The predicted molar refractivity (Wildman–Crippen MR) is 72.5 cm³/mol. The van der Waals surface area contributed by atoms with Gasteiger partial charge >= 0.3 is 0 Å². The molecule has 0 saturated heterocycles. The molecule has 0 aromatic carbocycles. The molecule has 3 nitrogen and oxygen atoms in total. The van der Waals surface area contributed by atoms with Crippen molar-refractivity contribution in [1.82, 2.24) is 5.32 Å². The predicted octanol–water partition coefficient (Wildman–Crippen LogP) is 1.85. The Morgan fingerprint density at radius 2 is 2.06 bits per heavy atom. The van der Waals surface area contributed by atoms with Crippen LogP contribution in [0.5, 0.6) is 0 Å². The van der Waals surface area contributed by atoms with Crippen molar-refractivity contribution in [1.29, 1.82) is 0 Å². The molecule has 17 heavy (non-hydrogen) atoms. The number of rotatable bonds is 4. The molecule has 96 valence electrons. The number of nitrogens with one attached hydrogen (secondary N) is 1. The van der Waals surface area contributed by atoms with Crippen LogP contribution in [0.1, 0.15) is 39.5 Å². The number of thiocarbonyl (C=S) groups is 1. The summed E-state index contributed by atoms with van der Waals surface area (Å²) < 4.78 is 0. The van der Waals surface area contributed by atoms with Crippen LogP contribution in [0.2, 0.25) is 0 Å². The van der Waals surface area contributed by atoms with Crippen LogP contribution in [0.4, 0.5) is 0 Å². The minimum Gasteiger partial charge on any atom is -0.393 e. The molecular weight excluding hydrogens is 232 g/mol. The molecule has 2 bridgehead atoms. The highest BCUT2D eigenvalue weighted by atomic mass is 32.1. The molecule has 0 spiro atoms. The van der Waals surface area contributed by atoms with Gasteiger partial charge in [-0.15, -0.1) is 0 Å². The molecular formula is C13H22N2OS. The second-order valence-corrected chi connectivity index (χ2v) is 6.23. The Kier molecular flexibility index (Phi) is 3.71. The number of amides is 1. The smallest absolute Gasteiger partial charge is 0.229 e. The average Bonchev–Trinajstić information content (AvgIpc) is 2.89. The minimum atomic E-state index is -0.356. The van der Waals surface area contributed by atoms with Crippen LogP contribution in [0, 0.1) is 23.7 Å². The van der Waals surface area contributed by atoms with Gasteiger partial charge in [0.1, 0.15) is 0 Å². The summed E-state index contributed by atoms with van der Waals surface area (Å²) in [5.74, 6) is 2.03. The van der Waals surface area contributed by atoms with E-state index in [1.165, 1.54) is 25.7 Å². The first-order valence-electron chi connectivity index (χ1n) is 6.58. The number of hydrogen-bond donors (Lipinski definition) is 2. The average molecular weight is 254 g/mol. The van der Waals surface area contributed by atoms with Crippen LogP contribution in [0.15, 0.2) is 0 Å². The zero-order valence-electron chi connectivity index (χ0n) is 10.6. The normalized spacial score (nSPS) is 34.4. The number of fused-ring (bicyclic) bond motifs is 2. The van der Waals surface area contributed by atoms with Crippen molar-refractivity contribution in [2.75, 3.05) is 0 Å². The van der Waals surface area contributed by atoms with E-state index >= 15 is 0 Å². The molecule has 2 saturated carbocycles. The van der Waals surface area contributed by atoms with E-state index in [9.17, 15) is 4.79 Å². The number of hydrogen-bond acceptors (Lipinski definition) is 2. The Balaban J connectivity index is 1.87. The van der Waals surface area contributed by atoms with E-state index in [4.69, 9.17) is 18.0 Å². The molecule has 4 heteroatoms. The quantitative estimate of drug-likeness (QED) is 0.753. The summed E-state index contributed by atoms with van der Waals surface area (Å²) in [6.07, 6.45) is 5.40. The molecule has 1 amide bonds. The Labute approximate surface area is 109 Å². The summed E-state index contributed by atoms with van der Waals surface area (Å²) in [4.78, 5) is 12.2. The number of carbonyl (C=O) groups excluding carboxylic acids is 1. The SMILES string of the molecule is CC(C(=O)NC(C)C1CC2CCC1C2)C(N)=S. The summed E-state index contributed by atoms with van der Waals surface area (Å²) in [7, 11) is 0. The maximum atomic E-state index is 11.9. The molecule has 3 N–H and O–H groups in total. The van der Waals surface area contributed by atoms with Gasteiger partial charge < -0.3 is 11.1 Å². The van der Waals surface area contributed by atoms with Crippen LogP contribution in [0.25, 0.3) is 0 Å². The van der Waals surface area contributed by atoms with Gasteiger partial charge in [-0.1, -0.05) is 18.6 Å². The van der Waals surface area contributed by atoms with E-state index < -0.39 is 0 Å². The van der Waals surface area contributed by atoms with Gasteiger partial charge in [0.25, 0.3) is 0 Å². The highest BCUT2D eigenvalue weighted by molar-refractivity contribution is 7.80. The Morgan fingerprint density at radius 3 is 2.53 bits per heavy atom. The molecule has 0 aromatic rings. The van der Waals surface area contributed by atoms with Crippen molar-refractivity contribution in [3.63, 3.8) is 0 Å². The van der Waals surface area contributed by atoms with Crippen LogP contribution in [0.3, 0.4) is 0 Å². The van der Waals surface area contributed by atoms with Gasteiger partial charge in [0.05, 0.1) is 10.9 Å². The third-order valence-electron chi connectivity index (χ3n) is 4.63. The first-order valence-corrected chi connectivity index (χ1v) is 6.99. The molecule has 5 unspecified atom stereocenters. The lowest BCUT2D eigenvalue weighted by Crippen LogP contribution is -2.44. The third-order valence-corrected chi connectivity index (χ3v) is 4.98. The van der Waals surface area contributed by atoms with Crippen molar-refractivity contribution < 1.29 is 4.79 Å². The van der Waals surface area contributed by atoms with Gasteiger partial charge in [-0.25, -0.2) is 0 Å². The summed E-state index contributed by atoms with van der Waals surface area (Å²) in [5.41, 5.74) is 5.50. The Morgan fingerprint density at radius 1 is 1.35 bits per heavy atom. The maximum absolute atomic E-state index is 11.9. The second-order valence-electron chi connectivity index (χ2n) is 5.76. The van der Waals surface area contributed by atoms with E-state index in [1.807, 2.05) is 0 Å². The van der Waals surface area contributed by atoms with Crippen LogP contribution >= 0.6 is 12.2 Å². The van der Waals surface area contributed by atoms with E-state index in [-0.39, 0.29) is 22.9 Å². The lowest BCUT2D eigenvalue weighted by atomic mass is 9.84. The topological polar surface area (TPSA) is 55.1 Å². The van der Waals surface area contributed by atoms with Gasteiger partial charge in [-0.2, -0.15) is 0 Å². The van der Waals surface area contributed by atoms with Gasteiger partial charge in [0, 0.05) is 6.04 Å². The summed E-state index contributed by atoms with van der Waals surface area (Å²) in [6.45, 7) is 3.89. The fourth-order valence-electron chi connectivity index (χ4n) is 3.49. The van der Waals surface area contributed by atoms with Crippen molar-refractivity contribution >= 4 is 23.1 Å². The molecule has 0 aromatic heterocycles. The van der Waals surface area contributed by atoms with E-state index in [0.717, 1.165) is 11.8 Å². The highest BCUT2D eigenvalue weighted by Crippen LogP contribution is 2.49. The lowest BCUT2D eigenvalue weighted by Gasteiger charge is -2.29. The number of carbonyl (C=O) groups is 1. The molecule has 0 radical (unpaired) electrons. The van der Waals surface area contributed by atoms with Crippen LogP contribution in [-0.2, 0) is 4.79 Å². The minimum absolute atomic E-state index is 0.0206. The molecule has 2 aliphatic carbocycles. The van der Waals surface area contributed by atoms with Crippen LogP contribution < -0.4 is 11.1 Å². The Bertz CT molecular complexity index is 331.